The van der Waals surface area contributed by atoms with E-state index in [1.54, 1.807) is 11.0 Å². The van der Waals surface area contributed by atoms with E-state index < -0.39 is 0 Å². The lowest BCUT2D eigenvalue weighted by Gasteiger charge is -2.18. The second-order valence-electron chi connectivity index (χ2n) is 6.40. The van der Waals surface area contributed by atoms with Gasteiger partial charge >= 0.3 is 6.03 Å². The van der Waals surface area contributed by atoms with Gasteiger partial charge in [0.25, 0.3) is 0 Å². The lowest BCUT2D eigenvalue weighted by Crippen LogP contribution is -2.34. The molecule has 1 unspecified atom stereocenters. The molecular weight excluding hydrogens is 318 g/mol. The summed E-state index contributed by atoms with van der Waals surface area (Å²) in [5, 5.41) is 11.1. The number of carbonyl (C=O) groups excluding carboxylic acids is 1. The van der Waals surface area contributed by atoms with Crippen LogP contribution in [-0.4, -0.2) is 54.4 Å². The second kappa shape index (κ2) is 7.38. The van der Waals surface area contributed by atoms with Crippen LogP contribution in [-0.2, 0) is 0 Å². The molecule has 1 fully saturated rings. The zero-order chi connectivity index (χ0) is 17.8. The average Bonchev–Trinajstić information content (AvgIpc) is 3.04. The van der Waals surface area contributed by atoms with Crippen LogP contribution in [0, 0.1) is 6.92 Å². The van der Waals surface area contributed by atoms with E-state index in [2.05, 4.69) is 15.5 Å². The third-order valence-electron chi connectivity index (χ3n) is 4.07. The molecule has 0 spiro atoms. The fraction of sp³-hybridized carbons (Fsp3) is 0.389. The van der Waals surface area contributed by atoms with Gasteiger partial charge in [-0.2, -0.15) is 0 Å². The van der Waals surface area contributed by atoms with Crippen molar-refractivity contribution in [1.29, 1.82) is 0 Å². The van der Waals surface area contributed by atoms with Crippen LogP contribution in [0.2, 0.25) is 0 Å². The van der Waals surface area contributed by atoms with Gasteiger partial charge < -0.3 is 19.9 Å². The number of amides is 2. The molecule has 0 saturated carbocycles. The molecule has 1 aliphatic rings. The summed E-state index contributed by atoms with van der Waals surface area (Å²) in [6.07, 6.45) is 0.709. The standard InChI is InChI=1S/C18H23N5O2/c1-13-5-4-6-14(11-13)19-18(24)23-10-9-15(12-23)25-17-8-7-16(20-21-17)22(2)3/h4-8,11,15H,9-10,12H2,1-3H3,(H,19,24). The predicted octanol–water partition coefficient (Wildman–Crippen LogP) is 2.54. The Bertz CT molecular complexity index is 733. The summed E-state index contributed by atoms with van der Waals surface area (Å²) >= 11 is 0. The SMILES string of the molecule is Cc1cccc(NC(=O)N2CCC(Oc3ccc(N(C)C)nn3)C2)c1. The summed E-state index contributed by atoms with van der Waals surface area (Å²) in [5.41, 5.74) is 1.92. The number of aromatic nitrogens is 2. The van der Waals surface area contributed by atoms with Crippen LogP contribution in [0.1, 0.15) is 12.0 Å². The Balaban J connectivity index is 1.53. The first-order valence-corrected chi connectivity index (χ1v) is 8.31. The molecule has 25 heavy (non-hydrogen) atoms. The number of benzene rings is 1. The van der Waals surface area contributed by atoms with Crippen LogP contribution < -0.4 is 15.0 Å². The Morgan fingerprint density at radius 1 is 1.28 bits per heavy atom. The van der Waals surface area contributed by atoms with Crippen LogP contribution in [0.15, 0.2) is 36.4 Å². The maximum atomic E-state index is 12.4. The van der Waals surface area contributed by atoms with Gasteiger partial charge in [0.15, 0.2) is 5.82 Å². The number of carbonyl (C=O) groups is 1. The first-order chi connectivity index (χ1) is 12.0. The quantitative estimate of drug-likeness (QED) is 0.925. The van der Waals surface area contributed by atoms with Crippen molar-refractivity contribution in [3.05, 3.63) is 42.0 Å². The first-order valence-electron chi connectivity index (χ1n) is 8.31. The molecule has 0 bridgehead atoms. The average molecular weight is 341 g/mol. The van der Waals surface area contributed by atoms with E-state index in [-0.39, 0.29) is 12.1 Å². The topological polar surface area (TPSA) is 70.6 Å². The van der Waals surface area contributed by atoms with Crippen molar-refractivity contribution in [1.82, 2.24) is 15.1 Å². The highest BCUT2D eigenvalue weighted by molar-refractivity contribution is 5.89. The van der Waals surface area contributed by atoms with Gasteiger partial charge in [0.05, 0.1) is 6.54 Å². The van der Waals surface area contributed by atoms with Crippen LogP contribution >= 0.6 is 0 Å². The van der Waals surface area contributed by atoms with Gasteiger partial charge in [0, 0.05) is 38.8 Å². The fourth-order valence-electron chi connectivity index (χ4n) is 2.72. The molecule has 3 rings (SSSR count). The summed E-state index contributed by atoms with van der Waals surface area (Å²) in [6, 6.07) is 11.3. The largest absolute Gasteiger partial charge is 0.471 e. The highest BCUT2D eigenvalue weighted by Crippen LogP contribution is 2.19. The van der Waals surface area contributed by atoms with Gasteiger partial charge in [0.1, 0.15) is 6.10 Å². The molecule has 2 heterocycles. The number of likely N-dealkylation sites (tertiary alicyclic amines) is 1. The molecule has 1 atom stereocenters. The third kappa shape index (κ3) is 4.37. The first kappa shape index (κ1) is 17.0. The van der Waals surface area contributed by atoms with Crippen molar-refractivity contribution in [3.8, 4) is 5.88 Å². The molecule has 2 amide bonds. The van der Waals surface area contributed by atoms with Gasteiger partial charge in [-0.25, -0.2) is 4.79 Å². The van der Waals surface area contributed by atoms with Gasteiger partial charge in [-0.05, 0) is 30.7 Å². The molecule has 1 aliphatic heterocycles. The third-order valence-corrected chi connectivity index (χ3v) is 4.07. The lowest BCUT2D eigenvalue weighted by molar-refractivity contribution is 0.188. The lowest BCUT2D eigenvalue weighted by atomic mass is 10.2. The van der Waals surface area contributed by atoms with E-state index >= 15 is 0 Å². The molecule has 1 N–H and O–H groups in total. The number of nitrogens with one attached hydrogen (secondary N) is 1. The number of anilines is 2. The van der Waals surface area contributed by atoms with Crippen molar-refractivity contribution < 1.29 is 9.53 Å². The Morgan fingerprint density at radius 2 is 2.12 bits per heavy atom. The molecule has 0 radical (unpaired) electrons. The second-order valence-corrected chi connectivity index (χ2v) is 6.40. The number of urea groups is 1. The molecule has 7 nitrogen and oxygen atoms in total. The zero-order valence-electron chi connectivity index (χ0n) is 14.8. The van der Waals surface area contributed by atoms with Crippen LogP contribution in [0.4, 0.5) is 16.3 Å². The zero-order valence-corrected chi connectivity index (χ0v) is 14.8. The highest BCUT2D eigenvalue weighted by atomic mass is 16.5. The van der Waals surface area contributed by atoms with Crippen LogP contribution in [0.3, 0.4) is 0 Å². The Morgan fingerprint density at radius 3 is 2.80 bits per heavy atom. The van der Waals surface area contributed by atoms with Crippen molar-refractivity contribution in [2.24, 2.45) is 0 Å². The summed E-state index contributed by atoms with van der Waals surface area (Å²) in [5.74, 6) is 1.26. The Kier molecular flexibility index (Phi) is 5.02. The molecule has 1 aromatic carbocycles. The van der Waals surface area contributed by atoms with E-state index in [0.717, 1.165) is 23.5 Å². The van der Waals surface area contributed by atoms with Gasteiger partial charge in [-0.1, -0.05) is 12.1 Å². The number of hydrogen-bond donors (Lipinski definition) is 1. The van der Waals surface area contributed by atoms with Crippen molar-refractivity contribution in [3.63, 3.8) is 0 Å². The molecule has 2 aromatic rings. The summed E-state index contributed by atoms with van der Waals surface area (Å²) in [6.45, 7) is 3.19. The number of rotatable bonds is 4. The number of aryl methyl sites for hydroxylation is 1. The van der Waals surface area contributed by atoms with E-state index in [4.69, 9.17) is 4.74 Å². The van der Waals surface area contributed by atoms with E-state index in [9.17, 15) is 4.79 Å². The summed E-state index contributed by atoms with van der Waals surface area (Å²) in [7, 11) is 3.82. The number of hydrogen-bond acceptors (Lipinski definition) is 5. The Hall–Kier alpha value is -2.83. The minimum atomic E-state index is -0.106. The minimum absolute atomic E-state index is 0.0669. The minimum Gasteiger partial charge on any atom is -0.471 e. The van der Waals surface area contributed by atoms with Gasteiger partial charge in [-0.3, -0.25) is 0 Å². The number of ether oxygens (including phenoxy) is 1. The van der Waals surface area contributed by atoms with Crippen LogP contribution in [0.5, 0.6) is 5.88 Å². The van der Waals surface area contributed by atoms with Crippen molar-refractivity contribution in [2.45, 2.75) is 19.4 Å². The molecule has 7 heteroatoms. The maximum Gasteiger partial charge on any atom is 0.321 e. The van der Waals surface area contributed by atoms with Crippen molar-refractivity contribution >= 4 is 17.5 Å². The summed E-state index contributed by atoms with van der Waals surface area (Å²) in [4.78, 5) is 16.0. The number of nitrogens with zero attached hydrogens (tertiary/aromatic N) is 4. The van der Waals surface area contributed by atoms with E-state index in [1.807, 2.05) is 56.3 Å². The van der Waals surface area contributed by atoms with Crippen molar-refractivity contribution in [2.75, 3.05) is 37.4 Å². The molecule has 0 aliphatic carbocycles. The maximum absolute atomic E-state index is 12.4. The molecule has 132 valence electrons. The monoisotopic (exact) mass is 341 g/mol. The molecular formula is C18H23N5O2. The van der Waals surface area contributed by atoms with E-state index in [1.165, 1.54) is 0 Å². The summed E-state index contributed by atoms with van der Waals surface area (Å²) < 4.78 is 5.85. The fourth-order valence-corrected chi connectivity index (χ4v) is 2.72. The Labute approximate surface area is 147 Å². The highest BCUT2D eigenvalue weighted by Gasteiger charge is 2.28. The van der Waals surface area contributed by atoms with Crippen LogP contribution in [0.25, 0.3) is 0 Å². The predicted molar refractivity (Wildman–Crippen MR) is 97.2 cm³/mol. The van der Waals surface area contributed by atoms with Gasteiger partial charge in [-0.15, -0.1) is 10.2 Å². The molecule has 1 saturated heterocycles. The molecule has 1 aromatic heterocycles. The van der Waals surface area contributed by atoms with E-state index in [0.29, 0.717) is 19.0 Å². The van der Waals surface area contributed by atoms with Gasteiger partial charge in [0.2, 0.25) is 5.88 Å². The normalized spacial score (nSPS) is 16.6. The smallest absolute Gasteiger partial charge is 0.321 e.